The fourth-order valence-electron chi connectivity index (χ4n) is 2.37. The van der Waals surface area contributed by atoms with E-state index in [-0.39, 0.29) is 12.5 Å². The highest BCUT2D eigenvalue weighted by Crippen LogP contribution is 2.18. The maximum atomic E-state index is 11.8. The van der Waals surface area contributed by atoms with Crippen molar-refractivity contribution in [1.82, 2.24) is 5.32 Å². The summed E-state index contributed by atoms with van der Waals surface area (Å²) in [7, 11) is 0. The van der Waals surface area contributed by atoms with Gasteiger partial charge in [0.15, 0.2) is 5.96 Å². The van der Waals surface area contributed by atoms with Gasteiger partial charge >= 0.3 is 0 Å². The number of guanidine groups is 1. The summed E-state index contributed by atoms with van der Waals surface area (Å²) in [6.07, 6.45) is 0. The second-order valence-corrected chi connectivity index (χ2v) is 6.45. The molecule has 0 unspecified atom stereocenters. The largest absolute Gasteiger partial charge is 0.370 e. The summed E-state index contributed by atoms with van der Waals surface area (Å²) >= 11 is 0. The van der Waals surface area contributed by atoms with Crippen molar-refractivity contribution in [2.24, 2.45) is 16.5 Å². The first-order chi connectivity index (χ1) is 12.8. The van der Waals surface area contributed by atoms with Crippen LogP contribution < -0.4 is 22.1 Å². The molecule has 0 aliphatic carbocycles. The van der Waals surface area contributed by atoms with Gasteiger partial charge in [-0.25, -0.2) is 4.99 Å². The maximum absolute atomic E-state index is 11.8. The molecule has 0 heterocycles. The molecule has 0 aliphatic heterocycles. The lowest BCUT2D eigenvalue weighted by atomic mass is 10.0. The van der Waals surface area contributed by atoms with Crippen LogP contribution in [0.4, 0.5) is 5.69 Å². The molecule has 2 rings (SSSR count). The van der Waals surface area contributed by atoms with Crippen LogP contribution in [-0.4, -0.2) is 24.3 Å². The highest BCUT2D eigenvalue weighted by molar-refractivity contribution is 5.96. The molecule has 0 bridgehead atoms. The van der Waals surface area contributed by atoms with E-state index in [2.05, 4.69) is 35.5 Å². The third-order valence-electron chi connectivity index (χ3n) is 3.90. The highest BCUT2D eigenvalue weighted by Gasteiger charge is 2.06. The fourth-order valence-corrected chi connectivity index (χ4v) is 2.37. The van der Waals surface area contributed by atoms with Crippen LogP contribution in [0.2, 0.25) is 0 Å². The second-order valence-electron chi connectivity index (χ2n) is 6.45. The number of primary amides is 1. The van der Waals surface area contributed by atoms with Gasteiger partial charge in [0.25, 0.3) is 5.91 Å². The fraction of sp³-hybridized carbons (Fsp3) is 0.250. The first-order valence-corrected chi connectivity index (χ1v) is 8.67. The molecule has 142 valence electrons. The lowest BCUT2D eigenvalue weighted by Crippen LogP contribution is -2.33. The van der Waals surface area contributed by atoms with Gasteiger partial charge in [-0.3, -0.25) is 9.59 Å². The smallest absolute Gasteiger partial charge is 0.251 e. The lowest BCUT2D eigenvalue weighted by Gasteiger charge is -2.10. The van der Waals surface area contributed by atoms with Crippen LogP contribution in [0, 0.1) is 0 Å². The van der Waals surface area contributed by atoms with Gasteiger partial charge in [0, 0.05) is 11.3 Å². The van der Waals surface area contributed by atoms with Gasteiger partial charge in [0.1, 0.15) is 0 Å². The predicted octanol–water partition coefficient (Wildman–Crippen LogP) is 1.95. The molecule has 0 saturated carbocycles. The minimum Gasteiger partial charge on any atom is -0.370 e. The van der Waals surface area contributed by atoms with E-state index in [1.165, 1.54) is 5.56 Å². The average molecular weight is 367 g/mol. The molecule has 0 atom stereocenters. The van der Waals surface area contributed by atoms with Crippen molar-refractivity contribution in [1.29, 1.82) is 0 Å². The minimum atomic E-state index is -0.587. The SMILES string of the molecule is CC(C)c1cccc(NC(N)=NCc2ccc(C(=O)NCC(N)=O)cc2)c1. The molecule has 2 aromatic rings. The molecule has 27 heavy (non-hydrogen) atoms. The van der Waals surface area contributed by atoms with Gasteiger partial charge in [-0.05, 0) is 41.3 Å². The molecule has 2 aromatic carbocycles. The van der Waals surface area contributed by atoms with Gasteiger partial charge in [0.2, 0.25) is 5.91 Å². The number of aliphatic imine (C=N–C) groups is 1. The Morgan fingerprint density at radius 3 is 2.41 bits per heavy atom. The number of carbonyl (C=O) groups excluding carboxylic acids is 2. The summed E-state index contributed by atoms with van der Waals surface area (Å²) in [4.78, 5) is 26.8. The Morgan fingerprint density at radius 1 is 1.07 bits per heavy atom. The molecule has 0 spiro atoms. The first-order valence-electron chi connectivity index (χ1n) is 8.67. The summed E-state index contributed by atoms with van der Waals surface area (Å²) in [5, 5.41) is 5.52. The lowest BCUT2D eigenvalue weighted by molar-refractivity contribution is -0.117. The predicted molar refractivity (Wildman–Crippen MR) is 107 cm³/mol. The van der Waals surface area contributed by atoms with Gasteiger partial charge in [-0.15, -0.1) is 0 Å². The quantitative estimate of drug-likeness (QED) is 0.441. The molecular formula is C20H25N5O2. The molecule has 7 nitrogen and oxygen atoms in total. The number of amides is 2. The molecule has 0 fully saturated rings. The van der Waals surface area contributed by atoms with E-state index in [1.54, 1.807) is 24.3 Å². The topological polar surface area (TPSA) is 123 Å². The van der Waals surface area contributed by atoms with Gasteiger partial charge < -0.3 is 22.1 Å². The van der Waals surface area contributed by atoms with E-state index in [1.807, 2.05) is 18.2 Å². The number of anilines is 1. The summed E-state index contributed by atoms with van der Waals surface area (Å²) in [6.45, 7) is 4.46. The molecular weight excluding hydrogens is 342 g/mol. The standard InChI is InChI=1S/C20H25N5O2/c1-13(2)16-4-3-5-17(10-16)25-20(22)24-11-14-6-8-15(9-7-14)19(27)23-12-18(21)26/h3-10,13H,11-12H2,1-2H3,(H2,21,26)(H,23,27)(H3,22,24,25). The molecule has 2 amide bonds. The number of nitrogens with zero attached hydrogens (tertiary/aromatic N) is 1. The molecule has 0 aromatic heterocycles. The molecule has 0 aliphatic rings. The molecule has 7 heteroatoms. The monoisotopic (exact) mass is 367 g/mol. The van der Waals surface area contributed by atoms with Crippen LogP contribution in [0.25, 0.3) is 0 Å². The van der Waals surface area contributed by atoms with E-state index in [0.717, 1.165) is 11.3 Å². The van der Waals surface area contributed by atoms with Crippen molar-refractivity contribution < 1.29 is 9.59 Å². The van der Waals surface area contributed by atoms with Crippen LogP contribution in [0.3, 0.4) is 0 Å². The van der Waals surface area contributed by atoms with Crippen LogP contribution in [0.15, 0.2) is 53.5 Å². The summed E-state index contributed by atoms with van der Waals surface area (Å²) in [5.41, 5.74) is 14.4. The van der Waals surface area contributed by atoms with E-state index >= 15 is 0 Å². The molecule has 0 radical (unpaired) electrons. The summed E-state index contributed by atoms with van der Waals surface area (Å²) in [5.74, 6) is -0.186. The number of carbonyl (C=O) groups is 2. The zero-order chi connectivity index (χ0) is 19.8. The second kappa shape index (κ2) is 9.38. The van der Waals surface area contributed by atoms with E-state index < -0.39 is 5.91 Å². The first kappa shape index (κ1) is 20.0. The highest BCUT2D eigenvalue weighted by atomic mass is 16.2. The van der Waals surface area contributed by atoms with Crippen molar-refractivity contribution >= 4 is 23.5 Å². The number of nitrogens with two attached hydrogens (primary N) is 2. The van der Waals surface area contributed by atoms with E-state index in [9.17, 15) is 9.59 Å². The third kappa shape index (κ3) is 6.47. The average Bonchev–Trinajstić information content (AvgIpc) is 2.65. The Morgan fingerprint density at radius 2 is 1.78 bits per heavy atom. The molecule has 0 saturated heterocycles. The zero-order valence-electron chi connectivity index (χ0n) is 15.5. The van der Waals surface area contributed by atoms with Gasteiger partial charge in [0.05, 0.1) is 13.1 Å². The number of hydrogen-bond donors (Lipinski definition) is 4. The summed E-state index contributed by atoms with van der Waals surface area (Å²) in [6, 6.07) is 14.9. The normalized spacial score (nSPS) is 11.3. The Labute approximate surface area is 158 Å². The summed E-state index contributed by atoms with van der Waals surface area (Å²) < 4.78 is 0. The van der Waals surface area contributed by atoms with Crippen LogP contribution >= 0.6 is 0 Å². The maximum Gasteiger partial charge on any atom is 0.251 e. The van der Waals surface area contributed by atoms with Gasteiger partial charge in [-0.1, -0.05) is 38.1 Å². The van der Waals surface area contributed by atoms with Crippen LogP contribution in [0.5, 0.6) is 0 Å². The van der Waals surface area contributed by atoms with Crippen molar-refractivity contribution in [3.8, 4) is 0 Å². The number of rotatable bonds is 7. The van der Waals surface area contributed by atoms with Crippen molar-refractivity contribution in [3.63, 3.8) is 0 Å². The van der Waals surface area contributed by atoms with Crippen molar-refractivity contribution in [2.45, 2.75) is 26.3 Å². The Balaban J connectivity index is 1.93. The van der Waals surface area contributed by atoms with Crippen LogP contribution in [0.1, 0.15) is 41.3 Å². The van der Waals surface area contributed by atoms with Crippen molar-refractivity contribution in [2.75, 3.05) is 11.9 Å². The Kier molecular flexibility index (Phi) is 6.93. The minimum absolute atomic E-state index is 0.189. The van der Waals surface area contributed by atoms with Crippen LogP contribution in [-0.2, 0) is 11.3 Å². The Hall–Kier alpha value is -3.35. The third-order valence-corrected chi connectivity index (χ3v) is 3.90. The number of hydrogen-bond acceptors (Lipinski definition) is 3. The Bertz CT molecular complexity index is 829. The van der Waals surface area contributed by atoms with Gasteiger partial charge in [-0.2, -0.15) is 0 Å². The zero-order valence-corrected chi connectivity index (χ0v) is 15.5. The van der Waals surface area contributed by atoms with E-state index in [0.29, 0.717) is 24.0 Å². The van der Waals surface area contributed by atoms with Crippen molar-refractivity contribution in [3.05, 3.63) is 65.2 Å². The number of nitrogens with one attached hydrogen (secondary N) is 2. The number of benzene rings is 2. The van der Waals surface area contributed by atoms with E-state index in [4.69, 9.17) is 11.5 Å². The molecule has 6 N–H and O–H groups in total.